The van der Waals surface area contributed by atoms with Crippen molar-refractivity contribution in [1.29, 1.82) is 0 Å². The van der Waals surface area contributed by atoms with Gasteiger partial charge in [-0.15, -0.1) is 0 Å². The Labute approximate surface area is 231 Å². The second-order valence-electron chi connectivity index (χ2n) is 10.2. The van der Waals surface area contributed by atoms with Crippen molar-refractivity contribution >= 4 is 28.6 Å². The quantitative estimate of drug-likeness (QED) is 0.361. The van der Waals surface area contributed by atoms with E-state index >= 15 is 0 Å². The average Bonchev–Trinajstić information content (AvgIpc) is 3.31. The van der Waals surface area contributed by atoms with Crippen molar-refractivity contribution in [3.05, 3.63) is 84.1 Å². The van der Waals surface area contributed by atoms with Crippen LogP contribution in [0.4, 0.5) is 0 Å². The number of piperidine rings is 2. The van der Waals surface area contributed by atoms with Crippen LogP contribution in [0.2, 0.25) is 0 Å². The number of imide groups is 1. The summed E-state index contributed by atoms with van der Waals surface area (Å²) in [6.07, 6.45) is 2.10. The highest BCUT2D eigenvalue weighted by Crippen LogP contribution is 2.35. The van der Waals surface area contributed by atoms with E-state index in [9.17, 15) is 14.4 Å². The topological polar surface area (TPSA) is 103 Å². The molecule has 3 aromatic carbocycles. The van der Waals surface area contributed by atoms with E-state index in [-0.39, 0.29) is 23.8 Å². The molecule has 0 radical (unpaired) electrons. The minimum atomic E-state index is -0.468. The highest BCUT2D eigenvalue weighted by Gasteiger charge is 2.32. The van der Waals surface area contributed by atoms with Crippen LogP contribution in [0.25, 0.3) is 10.9 Å². The smallest absolute Gasteiger partial charge is 0.253 e. The van der Waals surface area contributed by atoms with Gasteiger partial charge in [0.15, 0.2) is 0 Å². The fraction of sp³-hybridized carbons (Fsp3) is 0.290. The van der Waals surface area contributed by atoms with Gasteiger partial charge >= 0.3 is 0 Å². The molecule has 2 fully saturated rings. The normalized spacial score (nSPS) is 18.0. The van der Waals surface area contributed by atoms with Gasteiger partial charge in [0.2, 0.25) is 11.8 Å². The molecule has 0 saturated carbocycles. The molecule has 1 unspecified atom stereocenters. The number of aryl methyl sites for hydroxylation is 1. The largest absolute Gasteiger partial charge is 0.488 e. The number of likely N-dealkylation sites (tertiary alicyclic amines) is 1. The van der Waals surface area contributed by atoms with Crippen molar-refractivity contribution < 1.29 is 23.9 Å². The molecule has 0 bridgehead atoms. The van der Waals surface area contributed by atoms with Crippen LogP contribution in [0, 0.1) is 0 Å². The first kappa shape index (κ1) is 25.6. The van der Waals surface area contributed by atoms with Gasteiger partial charge in [-0.3, -0.25) is 24.4 Å². The zero-order valence-corrected chi connectivity index (χ0v) is 22.2. The number of aromatic nitrogens is 2. The lowest BCUT2D eigenvalue weighted by Gasteiger charge is -2.32. The third kappa shape index (κ3) is 5.14. The third-order valence-electron chi connectivity index (χ3n) is 7.53. The first-order valence-electron chi connectivity index (χ1n) is 13.5. The van der Waals surface area contributed by atoms with Gasteiger partial charge in [-0.25, -0.2) is 0 Å². The minimum Gasteiger partial charge on any atom is -0.488 e. The van der Waals surface area contributed by atoms with Crippen LogP contribution in [0.1, 0.15) is 47.7 Å². The van der Waals surface area contributed by atoms with E-state index in [2.05, 4.69) is 10.4 Å². The molecule has 3 amide bonds. The van der Waals surface area contributed by atoms with Crippen molar-refractivity contribution in [1.82, 2.24) is 20.0 Å². The van der Waals surface area contributed by atoms with E-state index in [0.717, 1.165) is 16.7 Å². The molecule has 6 rings (SSSR count). The number of hydrogen-bond acceptors (Lipinski definition) is 6. The van der Waals surface area contributed by atoms with Crippen molar-refractivity contribution in [2.24, 2.45) is 7.05 Å². The van der Waals surface area contributed by atoms with Crippen molar-refractivity contribution in [2.75, 3.05) is 13.1 Å². The van der Waals surface area contributed by atoms with Gasteiger partial charge in [0.25, 0.3) is 5.91 Å². The van der Waals surface area contributed by atoms with Crippen LogP contribution < -0.4 is 14.8 Å². The third-order valence-corrected chi connectivity index (χ3v) is 7.53. The SMILES string of the molecule is Cn1nc(C2CCC(=O)NC2=O)c2cccc(OC3CCN(C(=O)c4ccc(Oc5ccccc5)cc4)CC3)c21. The second-order valence-corrected chi connectivity index (χ2v) is 10.2. The van der Waals surface area contributed by atoms with Crippen LogP contribution in [0.3, 0.4) is 0 Å². The van der Waals surface area contributed by atoms with Gasteiger partial charge in [0, 0.05) is 50.3 Å². The molecule has 9 heteroatoms. The summed E-state index contributed by atoms with van der Waals surface area (Å²) in [4.78, 5) is 39.1. The predicted octanol–water partition coefficient (Wildman–Crippen LogP) is 4.57. The van der Waals surface area contributed by atoms with Gasteiger partial charge in [-0.1, -0.05) is 30.3 Å². The Morgan fingerprint density at radius 3 is 2.35 bits per heavy atom. The molecule has 1 N–H and O–H groups in total. The van der Waals surface area contributed by atoms with E-state index in [4.69, 9.17) is 9.47 Å². The molecule has 4 aromatic rings. The number of para-hydroxylation sites is 2. The fourth-order valence-electron chi connectivity index (χ4n) is 5.46. The number of benzene rings is 3. The van der Waals surface area contributed by atoms with E-state index in [1.54, 1.807) is 16.8 Å². The Bertz CT molecular complexity index is 1560. The Morgan fingerprint density at radius 2 is 1.62 bits per heavy atom. The number of ether oxygens (including phenoxy) is 2. The lowest BCUT2D eigenvalue weighted by Crippen LogP contribution is -2.41. The molecule has 40 heavy (non-hydrogen) atoms. The van der Waals surface area contributed by atoms with E-state index in [1.807, 2.05) is 72.6 Å². The molecule has 0 spiro atoms. The summed E-state index contributed by atoms with van der Waals surface area (Å²) in [5.74, 6) is 1.10. The van der Waals surface area contributed by atoms with Gasteiger partial charge in [-0.2, -0.15) is 5.10 Å². The lowest BCUT2D eigenvalue weighted by molar-refractivity contribution is -0.134. The zero-order valence-electron chi connectivity index (χ0n) is 22.2. The summed E-state index contributed by atoms with van der Waals surface area (Å²) < 4.78 is 14.0. The van der Waals surface area contributed by atoms with Crippen LogP contribution >= 0.6 is 0 Å². The summed E-state index contributed by atoms with van der Waals surface area (Å²) in [7, 11) is 1.84. The fourth-order valence-corrected chi connectivity index (χ4v) is 5.46. The van der Waals surface area contributed by atoms with Gasteiger partial charge in [0.05, 0.1) is 11.6 Å². The summed E-state index contributed by atoms with van der Waals surface area (Å²) in [6.45, 7) is 1.18. The molecule has 3 heterocycles. The molecule has 0 aliphatic carbocycles. The Balaban J connectivity index is 1.09. The highest BCUT2D eigenvalue weighted by atomic mass is 16.5. The van der Waals surface area contributed by atoms with Gasteiger partial charge < -0.3 is 14.4 Å². The van der Waals surface area contributed by atoms with Crippen molar-refractivity contribution in [2.45, 2.75) is 37.7 Å². The summed E-state index contributed by atoms with van der Waals surface area (Å²) >= 11 is 0. The number of carbonyl (C=O) groups excluding carboxylic acids is 3. The number of fused-ring (bicyclic) bond motifs is 1. The van der Waals surface area contributed by atoms with Crippen LogP contribution in [-0.4, -0.2) is 51.6 Å². The minimum absolute atomic E-state index is 0.00710. The lowest BCUT2D eigenvalue weighted by atomic mass is 9.93. The van der Waals surface area contributed by atoms with E-state index < -0.39 is 5.92 Å². The number of carbonyl (C=O) groups is 3. The monoisotopic (exact) mass is 538 g/mol. The molecule has 1 atom stereocenters. The van der Waals surface area contributed by atoms with Crippen molar-refractivity contribution in [3.63, 3.8) is 0 Å². The highest BCUT2D eigenvalue weighted by molar-refractivity contribution is 6.03. The summed E-state index contributed by atoms with van der Waals surface area (Å²) in [5.41, 5.74) is 2.10. The zero-order chi connectivity index (χ0) is 27.6. The van der Waals surface area contributed by atoms with E-state index in [1.165, 1.54) is 0 Å². The summed E-state index contributed by atoms with van der Waals surface area (Å²) in [5, 5.41) is 7.92. The molecular weight excluding hydrogens is 508 g/mol. The molecule has 2 aliphatic rings. The average molecular weight is 539 g/mol. The van der Waals surface area contributed by atoms with E-state index in [0.29, 0.717) is 61.5 Å². The maximum atomic E-state index is 13.1. The molecule has 1 aromatic heterocycles. The first-order chi connectivity index (χ1) is 19.5. The molecule has 9 nitrogen and oxygen atoms in total. The van der Waals surface area contributed by atoms with Crippen LogP contribution in [-0.2, 0) is 16.6 Å². The number of nitrogens with zero attached hydrogens (tertiary/aromatic N) is 3. The van der Waals surface area contributed by atoms with Crippen molar-refractivity contribution in [3.8, 4) is 17.2 Å². The number of amides is 3. The molecule has 2 aliphatic heterocycles. The predicted molar refractivity (Wildman–Crippen MR) is 148 cm³/mol. The number of rotatable bonds is 6. The standard InChI is InChI=1S/C31H30N4O5/c1-34-29-24(28(33-34)25-14-15-27(36)32-30(25)37)8-5-9-26(29)40-23-16-18-35(19-17-23)31(38)20-10-12-22(13-11-20)39-21-6-3-2-4-7-21/h2-13,23,25H,14-19H2,1H3,(H,32,36,37). The van der Waals surface area contributed by atoms with Gasteiger partial charge in [0.1, 0.15) is 28.9 Å². The molecule has 2 saturated heterocycles. The number of nitrogens with one attached hydrogen (secondary N) is 1. The summed E-state index contributed by atoms with van der Waals surface area (Å²) in [6, 6.07) is 22.5. The Hall–Kier alpha value is -4.66. The van der Waals surface area contributed by atoms with Gasteiger partial charge in [-0.05, 0) is 48.9 Å². The Kier molecular flexibility index (Phi) is 6.94. The first-order valence-corrected chi connectivity index (χ1v) is 13.5. The number of hydrogen-bond donors (Lipinski definition) is 1. The maximum Gasteiger partial charge on any atom is 0.253 e. The molecular formula is C31H30N4O5. The van der Waals surface area contributed by atoms with Crippen LogP contribution in [0.5, 0.6) is 17.2 Å². The second kappa shape index (κ2) is 10.8. The maximum absolute atomic E-state index is 13.1. The van der Waals surface area contributed by atoms with Crippen LogP contribution in [0.15, 0.2) is 72.8 Å². The Morgan fingerprint density at radius 1 is 0.900 bits per heavy atom. The molecule has 204 valence electrons.